The lowest BCUT2D eigenvalue weighted by molar-refractivity contribution is -0.870. The highest BCUT2D eigenvalue weighted by molar-refractivity contribution is 7.45. The van der Waals surface area contributed by atoms with Crippen LogP contribution in [-0.2, 0) is 18.4 Å². The number of unbranched alkanes of at least 4 members (excludes halogenated alkanes) is 21. The van der Waals surface area contributed by atoms with Crippen LogP contribution in [0.25, 0.3) is 0 Å². The van der Waals surface area contributed by atoms with E-state index in [0.29, 0.717) is 17.4 Å². The van der Waals surface area contributed by atoms with Crippen LogP contribution in [0.4, 0.5) is 0 Å². The summed E-state index contributed by atoms with van der Waals surface area (Å²) in [5.41, 5.74) is 0. The van der Waals surface area contributed by atoms with Gasteiger partial charge in [0.05, 0.1) is 39.9 Å². The maximum absolute atomic E-state index is 12.8. The monoisotopic (exact) mass is 795 g/mol. The van der Waals surface area contributed by atoms with Gasteiger partial charge in [-0.25, -0.2) is 0 Å². The first-order chi connectivity index (χ1) is 26.5. The average molecular weight is 795 g/mol. The molecule has 3 unspecified atom stereocenters. The van der Waals surface area contributed by atoms with E-state index in [2.05, 4.69) is 55.6 Å². The first kappa shape index (κ1) is 53.5. The van der Waals surface area contributed by atoms with Crippen LogP contribution in [0, 0.1) is 0 Å². The van der Waals surface area contributed by atoms with E-state index in [0.717, 1.165) is 44.9 Å². The lowest BCUT2D eigenvalue weighted by atomic mass is 10.1. The number of phosphoric ester groups is 1. The quantitative estimate of drug-likeness (QED) is 0.0277. The van der Waals surface area contributed by atoms with E-state index in [1.807, 2.05) is 27.2 Å². The van der Waals surface area contributed by atoms with E-state index in [-0.39, 0.29) is 12.5 Å². The number of nitrogens with one attached hydrogen (secondary N) is 1. The van der Waals surface area contributed by atoms with Crippen LogP contribution in [-0.4, -0.2) is 68.5 Å². The molecule has 0 saturated heterocycles. The normalized spacial score (nSPS) is 14.8. The number of allylic oxidation sites excluding steroid dienone is 7. The van der Waals surface area contributed by atoms with Gasteiger partial charge in [-0.2, -0.15) is 0 Å². The van der Waals surface area contributed by atoms with E-state index in [9.17, 15) is 19.4 Å². The second-order valence-electron chi connectivity index (χ2n) is 16.4. The van der Waals surface area contributed by atoms with Crippen LogP contribution < -0.4 is 10.2 Å². The fraction of sp³-hybridized carbons (Fsp3) is 0.804. The van der Waals surface area contributed by atoms with Gasteiger partial charge in [0.25, 0.3) is 7.82 Å². The number of carbonyl (C=O) groups excluding carboxylic acids is 1. The molecule has 9 heteroatoms. The van der Waals surface area contributed by atoms with Gasteiger partial charge in [0.2, 0.25) is 5.91 Å². The Hall–Kier alpha value is -1.54. The third kappa shape index (κ3) is 40.5. The maximum atomic E-state index is 12.8. The minimum absolute atomic E-state index is 0.00844. The Morgan fingerprint density at radius 2 is 1.07 bits per heavy atom. The minimum atomic E-state index is -4.60. The molecule has 0 aromatic carbocycles. The topological polar surface area (TPSA) is 108 Å². The van der Waals surface area contributed by atoms with E-state index in [1.165, 1.54) is 122 Å². The van der Waals surface area contributed by atoms with Crippen molar-refractivity contribution < 1.29 is 32.9 Å². The number of phosphoric acid groups is 1. The number of hydrogen-bond donors (Lipinski definition) is 2. The number of rotatable bonds is 40. The lowest BCUT2D eigenvalue weighted by Crippen LogP contribution is -2.45. The van der Waals surface area contributed by atoms with Gasteiger partial charge in [0.1, 0.15) is 13.2 Å². The number of amides is 1. The van der Waals surface area contributed by atoms with Crippen molar-refractivity contribution in [3.8, 4) is 0 Å². The second-order valence-corrected chi connectivity index (χ2v) is 17.8. The highest BCUT2D eigenvalue weighted by Gasteiger charge is 2.23. The molecule has 0 spiro atoms. The number of hydrogen-bond acceptors (Lipinski definition) is 6. The van der Waals surface area contributed by atoms with Gasteiger partial charge in [-0.1, -0.05) is 165 Å². The smallest absolute Gasteiger partial charge is 0.268 e. The zero-order chi connectivity index (χ0) is 40.7. The van der Waals surface area contributed by atoms with Gasteiger partial charge in [-0.15, -0.1) is 0 Å². The molecule has 0 fully saturated rings. The second kappa shape index (κ2) is 38.0. The summed E-state index contributed by atoms with van der Waals surface area (Å²) in [5.74, 6) is -0.214. The van der Waals surface area contributed by atoms with Crippen molar-refractivity contribution in [1.82, 2.24) is 5.32 Å². The minimum Gasteiger partial charge on any atom is -0.756 e. The fourth-order valence-electron chi connectivity index (χ4n) is 6.14. The summed E-state index contributed by atoms with van der Waals surface area (Å²) in [6.07, 6.45) is 47.2. The third-order valence-corrected chi connectivity index (χ3v) is 10.7. The molecular formula is C46H87N2O6P. The first-order valence-electron chi connectivity index (χ1n) is 22.5. The van der Waals surface area contributed by atoms with Crippen LogP contribution in [0.3, 0.4) is 0 Å². The summed E-state index contributed by atoms with van der Waals surface area (Å²) in [5, 5.41) is 13.7. The van der Waals surface area contributed by atoms with Gasteiger partial charge in [-0.3, -0.25) is 9.36 Å². The number of nitrogens with zero attached hydrogens (tertiary/aromatic N) is 1. The Morgan fingerprint density at radius 1 is 0.636 bits per heavy atom. The Bertz CT molecular complexity index is 1040. The van der Waals surface area contributed by atoms with E-state index >= 15 is 0 Å². The molecule has 2 N–H and O–H groups in total. The molecule has 322 valence electrons. The fourth-order valence-corrected chi connectivity index (χ4v) is 6.86. The molecule has 8 nitrogen and oxygen atoms in total. The molecule has 0 rings (SSSR count). The van der Waals surface area contributed by atoms with Gasteiger partial charge in [0.15, 0.2) is 0 Å². The first-order valence-corrected chi connectivity index (χ1v) is 24.0. The van der Waals surface area contributed by atoms with Gasteiger partial charge in [0, 0.05) is 6.42 Å². The molecule has 0 radical (unpaired) electrons. The molecule has 0 aliphatic rings. The van der Waals surface area contributed by atoms with Crippen LogP contribution >= 0.6 is 7.82 Å². The van der Waals surface area contributed by atoms with Crippen molar-refractivity contribution in [3.63, 3.8) is 0 Å². The van der Waals surface area contributed by atoms with E-state index < -0.39 is 26.6 Å². The molecule has 55 heavy (non-hydrogen) atoms. The van der Waals surface area contributed by atoms with Crippen molar-refractivity contribution in [3.05, 3.63) is 48.6 Å². The number of likely N-dealkylation sites (N-methyl/N-ethyl adjacent to an activating group) is 1. The molecule has 0 aromatic heterocycles. The van der Waals surface area contributed by atoms with Crippen molar-refractivity contribution in [2.24, 2.45) is 0 Å². The molecular weight excluding hydrogens is 707 g/mol. The molecule has 0 aliphatic heterocycles. The van der Waals surface area contributed by atoms with Gasteiger partial charge < -0.3 is 28.8 Å². The number of quaternary nitrogens is 1. The van der Waals surface area contributed by atoms with Gasteiger partial charge >= 0.3 is 0 Å². The SMILES string of the molecule is CCCCC/C=C\C/C=C\CCCCCCCCCCCC(=O)NC(COP(=O)([O-])OCC[N+](C)(C)C)C(O)/C=C/CC/C=C/CCCCCCCCCC. The largest absolute Gasteiger partial charge is 0.756 e. The summed E-state index contributed by atoms with van der Waals surface area (Å²) in [6.45, 7) is 4.58. The van der Waals surface area contributed by atoms with Crippen molar-refractivity contribution >= 4 is 13.7 Å². The van der Waals surface area contributed by atoms with E-state index in [1.54, 1.807) is 6.08 Å². The molecule has 0 bridgehead atoms. The molecule has 3 atom stereocenters. The van der Waals surface area contributed by atoms with Crippen LogP contribution in [0.15, 0.2) is 48.6 Å². The number of carbonyl (C=O) groups is 1. The molecule has 0 heterocycles. The summed E-state index contributed by atoms with van der Waals surface area (Å²) in [6, 6.07) is -0.904. The van der Waals surface area contributed by atoms with Gasteiger partial charge in [-0.05, 0) is 64.2 Å². The average Bonchev–Trinajstić information content (AvgIpc) is 3.13. The zero-order valence-corrected chi connectivity index (χ0v) is 37.3. The summed E-state index contributed by atoms with van der Waals surface area (Å²) in [4.78, 5) is 25.3. The van der Waals surface area contributed by atoms with Crippen molar-refractivity contribution in [1.29, 1.82) is 0 Å². The predicted octanol–water partition coefficient (Wildman–Crippen LogP) is 11.8. The molecule has 0 aromatic rings. The standard InChI is InChI=1S/C46H87N2O6P/c1-6-8-10-12-14-16-18-20-22-23-24-25-26-28-30-32-34-36-38-40-46(50)47-44(43-54-55(51,52)53-42-41-48(3,4)5)45(49)39-37-35-33-31-29-27-21-19-17-15-13-11-9-7-2/h14,16,20,22,29,31,37,39,44-45,49H,6-13,15,17-19,21,23-28,30,32-36,38,40-43H2,1-5H3,(H-,47,50,51,52)/b16-14-,22-20-,31-29+,39-37+. The number of aliphatic hydroxyl groups excluding tert-OH is 1. The Labute approximate surface area is 339 Å². The number of aliphatic hydroxyl groups is 1. The van der Waals surface area contributed by atoms with Crippen LogP contribution in [0.2, 0.25) is 0 Å². The molecule has 0 saturated carbocycles. The summed E-state index contributed by atoms with van der Waals surface area (Å²) >= 11 is 0. The maximum Gasteiger partial charge on any atom is 0.268 e. The van der Waals surface area contributed by atoms with Crippen molar-refractivity contribution in [2.75, 3.05) is 40.9 Å². The highest BCUT2D eigenvalue weighted by Crippen LogP contribution is 2.38. The molecule has 1 amide bonds. The predicted molar refractivity (Wildman–Crippen MR) is 233 cm³/mol. The van der Waals surface area contributed by atoms with Crippen LogP contribution in [0.1, 0.15) is 187 Å². The Kier molecular flexibility index (Phi) is 36.9. The lowest BCUT2D eigenvalue weighted by Gasteiger charge is -2.29. The Balaban J connectivity index is 4.44. The summed E-state index contributed by atoms with van der Waals surface area (Å²) < 4.78 is 23.2. The third-order valence-electron chi connectivity index (χ3n) is 9.76. The molecule has 0 aliphatic carbocycles. The van der Waals surface area contributed by atoms with Crippen molar-refractivity contribution in [2.45, 2.75) is 199 Å². The highest BCUT2D eigenvalue weighted by atomic mass is 31.2. The van der Waals surface area contributed by atoms with Crippen LogP contribution in [0.5, 0.6) is 0 Å². The zero-order valence-electron chi connectivity index (χ0n) is 36.4. The van der Waals surface area contributed by atoms with E-state index in [4.69, 9.17) is 9.05 Å². The Morgan fingerprint density at radius 3 is 1.62 bits per heavy atom. The summed E-state index contributed by atoms with van der Waals surface area (Å²) in [7, 11) is 1.23.